The third-order valence-electron chi connectivity index (χ3n) is 3.46. The van der Waals surface area contributed by atoms with Crippen molar-refractivity contribution in [2.45, 2.75) is 51.9 Å². The van der Waals surface area contributed by atoms with E-state index in [-0.39, 0.29) is 11.6 Å². The summed E-state index contributed by atoms with van der Waals surface area (Å²) < 4.78 is 21.3. The van der Waals surface area contributed by atoms with Gasteiger partial charge in [0.25, 0.3) is 7.52 Å². The molecule has 0 N–H and O–H groups in total. The van der Waals surface area contributed by atoms with Crippen LogP contribution in [0.3, 0.4) is 0 Å². The van der Waals surface area contributed by atoms with Gasteiger partial charge in [-0.05, 0) is 39.7 Å². The second kappa shape index (κ2) is 5.40. The molecule has 0 amide bonds. The second-order valence-electron chi connectivity index (χ2n) is 6.28. The molecule has 1 heterocycles. The lowest BCUT2D eigenvalue weighted by Crippen LogP contribution is -2.44. The van der Waals surface area contributed by atoms with Crippen molar-refractivity contribution in [3.63, 3.8) is 0 Å². The van der Waals surface area contributed by atoms with Crippen molar-refractivity contribution in [3.05, 3.63) is 35.9 Å². The first-order valence-electron chi connectivity index (χ1n) is 6.91. The molecule has 0 aromatic heterocycles. The molecule has 1 aliphatic rings. The number of hydrogen-bond acceptors (Lipinski definition) is 2. The summed E-state index contributed by atoms with van der Waals surface area (Å²) in [5.74, 6) is 0. The molecule has 0 bridgehead atoms. The van der Waals surface area contributed by atoms with Crippen molar-refractivity contribution < 1.29 is 9.09 Å². The zero-order chi connectivity index (χ0) is 14.1. The van der Waals surface area contributed by atoms with E-state index in [0.717, 1.165) is 18.5 Å². The van der Waals surface area contributed by atoms with Gasteiger partial charge in [-0.15, -0.1) is 0 Å². The second-order valence-corrected chi connectivity index (χ2v) is 8.56. The van der Waals surface area contributed by atoms with Crippen LogP contribution in [0.4, 0.5) is 0 Å². The molecule has 0 aliphatic carbocycles. The van der Waals surface area contributed by atoms with Gasteiger partial charge in [0.15, 0.2) is 0 Å². The highest BCUT2D eigenvalue weighted by Crippen LogP contribution is 2.60. The quantitative estimate of drug-likeness (QED) is 0.757. The fourth-order valence-electron chi connectivity index (χ4n) is 2.58. The van der Waals surface area contributed by atoms with Crippen LogP contribution < -0.4 is 0 Å². The highest BCUT2D eigenvalue weighted by atomic mass is 31.2. The Bertz CT molecular complexity index is 467. The van der Waals surface area contributed by atoms with Crippen LogP contribution in [0.25, 0.3) is 0 Å². The highest BCUT2D eigenvalue weighted by Gasteiger charge is 2.43. The average molecular weight is 281 g/mol. The number of rotatable bonds is 2. The molecule has 0 radical (unpaired) electrons. The summed E-state index contributed by atoms with van der Waals surface area (Å²) in [7, 11) is -2.79. The lowest BCUT2D eigenvalue weighted by atomic mass is 10.1. The fourth-order valence-corrected chi connectivity index (χ4v) is 5.61. The van der Waals surface area contributed by atoms with Crippen molar-refractivity contribution in [1.82, 2.24) is 4.67 Å². The minimum atomic E-state index is -2.79. The van der Waals surface area contributed by atoms with Gasteiger partial charge in [-0.25, -0.2) is 4.67 Å². The average Bonchev–Trinajstić information content (AvgIpc) is 2.27. The lowest BCUT2D eigenvalue weighted by molar-refractivity contribution is 0.0992. The van der Waals surface area contributed by atoms with Crippen molar-refractivity contribution in [2.24, 2.45) is 0 Å². The SMILES string of the molecule is CC1CCN(C(C)(C)C)P(=O)(Cc2ccccc2)O1. The van der Waals surface area contributed by atoms with Gasteiger partial charge in [0.2, 0.25) is 0 Å². The summed E-state index contributed by atoms with van der Waals surface area (Å²) in [6.45, 7) is 9.16. The van der Waals surface area contributed by atoms with Gasteiger partial charge < -0.3 is 4.52 Å². The predicted octanol–water partition coefficient (Wildman–Crippen LogP) is 4.29. The number of benzene rings is 1. The first kappa shape index (κ1) is 14.8. The van der Waals surface area contributed by atoms with E-state index in [1.807, 2.05) is 37.3 Å². The molecule has 1 saturated heterocycles. The normalized spacial score (nSPS) is 29.4. The first-order chi connectivity index (χ1) is 8.81. The summed E-state index contributed by atoms with van der Waals surface area (Å²) in [6.07, 6.45) is 1.51. The molecule has 4 heteroatoms. The highest BCUT2D eigenvalue weighted by molar-refractivity contribution is 7.55. The van der Waals surface area contributed by atoms with E-state index in [0.29, 0.717) is 6.16 Å². The van der Waals surface area contributed by atoms with Crippen LogP contribution in [0.2, 0.25) is 0 Å². The lowest BCUT2D eigenvalue weighted by Gasteiger charge is -2.45. The van der Waals surface area contributed by atoms with Gasteiger partial charge in [-0.3, -0.25) is 4.57 Å². The Morgan fingerprint density at radius 2 is 1.95 bits per heavy atom. The first-order valence-corrected chi connectivity index (χ1v) is 8.67. The Morgan fingerprint density at radius 1 is 1.32 bits per heavy atom. The Morgan fingerprint density at radius 3 is 2.53 bits per heavy atom. The molecule has 2 unspecified atom stereocenters. The summed E-state index contributed by atoms with van der Waals surface area (Å²) >= 11 is 0. The standard InChI is InChI=1S/C15H24NO2P/c1-13-10-11-16(15(2,3)4)19(17,18-13)12-14-8-6-5-7-9-14/h5-9,13H,10-12H2,1-4H3. The topological polar surface area (TPSA) is 29.5 Å². The Balaban J connectivity index is 2.27. The molecule has 1 aromatic rings. The van der Waals surface area contributed by atoms with E-state index >= 15 is 0 Å². The smallest absolute Gasteiger partial charge is 0.277 e. The summed E-state index contributed by atoms with van der Waals surface area (Å²) in [5.41, 5.74) is 0.943. The van der Waals surface area contributed by atoms with Crippen LogP contribution in [0.5, 0.6) is 0 Å². The molecular weight excluding hydrogens is 257 g/mol. The Labute approximate surface area is 116 Å². The van der Waals surface area contributed by atoms with Crippen molar-refractivity contribution in [1.29, 1.82) is 0 Å². The molecule has 1 aromatic carbocycles. The van der Waals surface area contributed by atoms with E-state index in [1.165, 1.54) is 0 Å². The molecule has 0 spiro atoms. The van der Waals surface area contributed by atoms with Gasteiger partial charge in [0.05, 0.1) is 12.3 Å². The number of hydrogen-bond donors (Lipinski definition) is 0. The van der Waals surface area contributed by atoms with Gasteiger partial charge in [-0.2, -0.15) is 0 Å². The zero-order valence-corrected chi connectivity index (χ0v) is 13.2. The maximum atomic E-state index is 13.3. The zero-order valence-electron chi connectivity index (χ0n) is 12.3. The maximum Gasteiger partial charge on any atom is 0.277 e. The van der Waals surface area contributed by atoms with E-state index in [9.17, 15) is 4.57 Å². The molecule has 0 saturated carbocycles. The summed E-state index contributed by atoms with van der Waals surface area (Å²) in [6, 6.07) is 9.98. The van der Waals surface area contributed by atoms with E-state index in [2.05, 4.69) is 25.4 Å². The van der Waals surface area contributed by atoms with Gasteiger partial charge in [-0.1, -0.05) is 30.3 Å². The van der Waals surface area contributed by atoms with E-state index in [1.54, 1.807) is 0 Å². The molecule has 2 rings (SSSR count). The minimum absolute atomic E-state index is 0.0770. The van der Waals surface area contributed by atoms with Gasteiger partial charge in [0.1, 0.15) is 0 Å². The molecule has 1 fully saturated rings. The third-order valence-corrected chi connectivity index (χ3v) is 6.45. The monoisotopic (exact) mass is 281 g/mol. The van der Waals surface area contributed by atoms with Gasteiger partial charge in [0, 0.05) is 12.1 Å². The Kier molecular flexibility index (Phi) is 4.20. The predicted molar refractivity (Wildman–Crippen MR) is 79.4 cm³/mol. The van der Waals surface area contributed by atoms with Crippen molar-refractivity contribution in [3.8, 4) is 0 Å². The van der Waals surface area contributed by atoms with Crippen LogP contribution in [-0.4, -0.2) is 22.9 Å². The fraction of sp³-hybridized carbons (Fsp3) is 0.600. The molecular formula is C15H24NO2P. The Hall–Kier alpha value is -0.630. The van der Waals surface area contributed by atoms with Crippen LogP contribution in [0.15, 0.2) is 30.3 Å². The third kappa shape index (κ3) is 3.47. The number of nitrogens with zero attached hydrogens (tertiary/aromatic N) is 1. The van der Waals surface area contributed by atoms with Crippen LogP contribution in [0.1, 0.15) is 39.7 Å². The maximum absolute atomic E-state index is 13.3. The molecule has 2 atom stereocenters. The molecule has 3 nitrogen and oxygen atoms in total. The van der Waals surface area contributed by atoms with Crippen molar-refractivity contribution in [2.75, 3.05) is 6.54 Å². The minimum Gasteiger partial charge on any atom is -0.314 e. The van der Waals surface area contributed by atoms with E-state index in [4.69, 9.17) is 4.52 Å². The molecule has 106 valence electrons. The summed E-state index contributed by atoms with van der Waals surface area (Å²) in [4.78, 5) is 0. The summed E-state index contributed by atoms with van der Waals surface area (Å²) in [5, 5.41) is 0. The van der Waals surface area contributed by atoms with Crippen molar-refractivity contribution >= 4 is 7.52 Å². The molecule has 1 aliphatic heterocycles. The van der Waals surface area contributed by atoms with Crippen LogP contribution >= 0.6 is 7.52 Å². The van der Waals surface area contributed by atoms with Crippen LogP contribution in [0, 0.1) is 0 Å². The molecule has 19 heavy (non-hydrogen) atoms. The van der Waals surface area contributed by atoms with E-state index < -0.39 is 7.52 Å². The van der Waals surface area contributed by atoms with Crippen LogP contribution in [-0.2, 0) is 15.3 Å². The largest absolute Gasteiger partial charge is 0.314 e. The van der Waals surface area contributed by atoms with Gasteiger partial charge >= 0.3 is 0 Å².